The minimum atomic E-state index is -0.730. The van der Waals surface area contributed by atoms with E-state index < -0.39 is 23.8 Å². The fourth-order valence-electron chi connectivity index (χ4n) is 6.00. The van der Waals surface area contributed by atoms with Gasteiger partial charge in [0.05, 0.1) is 19.1 Å². The van der Waals surface area contributed by atoms with Gasteiger partial charge in [0.15, 0.2) is 0 Å². The van der Waals surface area contributed by atoms with E-state index in [4.69, 9.17) is 9.47 Å². The Morgan fingerprint density at radius 3 is 2.55 bits per heavy atom. The van der Waals surface area contributed by atoms with Crippen molar-refractivity contribution in [1.82, 2.24) is 20.1 Å². The first-order valence-electron chi connectivity index (χ1n) is 13.5. The van der Waals surface area contributed by atoms with Crippen LogP contribution in [-0.2, 0) is 14.3 Å². The van der Waals surface area contributed by atoms with E-state index in [1.54, 1.807) is 37.7 Å². The summed E-state index contributed by atoms with van der Waals surface area (Å²) in [5, 5.41) is 12.7. The van der Waals surface area contributed by atoms with Crippen molar-refractivity contribution in [1.29, 1.82) is 5.26 Å². The molecule has 10 heteroatoms. The zero-order valence-electron chi connectivity index (χ0n) is 23.0. The number of aryl methyl sites for hydroxylation is 1. The van der Waals surface area contributed by atoms with Crippen LogP contribution in [0.15, 0.2) is 12.1 Å². The van der Waals surface area contributed by atoms with Gasteiger partial charge in [0.2, 0.25) is 17.7 Å². The number of amides is 3. The molecule has 5 atom stereocenters. The molecule has 4 heterocycles. The Kier molecular flexibility index (Phi) is 8.14. The molecule has 0 unspecified atom stereocenters. The molecule has 3 fully saturated rings. The Morgan fingerprint density at radius 2 is 1.87 bits per heavy atom. The Morgan fingerprint density at radius 1 is 1.13 bits per heavy atom. The van der Waals surface area contributed by atoms with E-state index in [1.165, 1.54) is 0 Å². The summed E-state index contributed by atoms with van der Waals surface area (Å²) in [6.07, 6.45) is 3.80. The number of rotatable bonds is 4. The van der Waals surface area contributed by atoms with Crippen LogP contribution in [0.5, 0.6) is 5.88 Å². The van der Waals surface area contributed by atoms with Crippen LogP contribution in [0.2, 0.25) is 0 Å². The summed E-state index contributed by atoms with van der Waals surface area (Å²) < 4.78 is 10.7. The molecule has 0 saturated carbocycles. The number of likely N-dealkylation sites (tertiary alicyclic amines) is 1. The Balaban J connectivity index is 1.52. The maximum absolute atomic E-state index is 13.9. The third-order valence-electron chi connectivity index (χ3n) is 7.70. The maximum Gasteiger partial charge on any atom is 0.408 e. The van der Waals surface area contributed by atoms with Crippen molar-refractivity contribution in [2.45, 2.75) is 95.9 Å². The topological polar surface area (TPSA) is 125 Å². The predicted molar refractivity (Wildman–Crippen MR) is 139 cm³/mol. The number of nitriles is 1. The summed E-state index contributed by atoms with van der Waals surface area (Å²) in [6.45, 7) is 7.91. The molecule has 0 aliphatic carbocycles. The molecule has 1 N–H and O–H groups in total. The molecule has 3 aliphatic rings. The first-order valence-corrected chi connectivity index (χ1v) is 13.5. The number of methoxy groups -OCH3 is 1. The van der Waals surface area contributed by atoms with Crippen LogP contribution in [0.4, 0.5) is 4.79 Å². The molecule has 0 spiro atoms. The van der Waals surface area contributed by atoms with Gasteiger partial charge >= 0.3 is 6.09 Å². The highest BCUT2D eigenvalue weighted by Gasteiger charge is 2.47. The lowest BCUT2D eigenvalue weighted by Gasteiger charge is -2.36. The van der Waals surface area contributed by atoms with E-state index in [2.05, 4.69) is 16.4 Å². The smallest absolute Gasteiger partial charge is 0.408 e. The molecular formula is C28H39N5O5. The summed E-state index contributed by atoms with van der Waals surface area (Å²) in [6, 6.07) is 4.79. The highest BCUT2D eigenvalue weighted by atomic mass is 16.6. The number of carbonyl (C=O) groups is 3. The van der Waals surface area contributed by atoms with Crippen molar-refractivity contribution < 1.29 is 23.9 Å². The lowest BCUT2D eigenvalue weighted by atomic mass is 9.90. The number of carbonyl (C=O) groups excluding carboxylic acids is 3. The summed E-state index contributed by atoms with van der Waals surface area (Å²) in [4.78, 5) is 47.9. The second-order valence-corrected chi connectivity index (χ2v) is 11.6. The molecule has 0 radical (unpaired) electrons. The van der Waals surface area contributed by atoms with Gasteiger partial charge in [-0.05, 0) is 65.0 Å². The van der Waals surface area contributed by atoms with Crippen molar-refractivity contribution in [3.63, 3.8) is 0 Å². The zero-order valence-corrected chi connectivity index (χ0v) is 23.0. The molecule has 10 nitrogen and oxygen atoms in total. The van der Waals surface area contributed by atoms with E-state index in [0.717, 1.165) is 36.9 Å². The number of ether oxygens (including phenoxy) is 2. The molecule has 0 bridgehead atoms. The zero-order chi connectivity index (χ0) is 27.6. The fourth-order valence-corrected chi connectivity index (χ4v) is 6.00. The van der Waals surface area contributed by atoms with Crippen LogP contribution in [0.1, 0.15) is 76.5 Å². The van der Waals surface area contributed by atoms with Gasteiger partial charge in [0.25, 0.3) is 0 Å². The quantitative estimate of drug-likeness (QED) is 0.639. The fraction of sp³-hybridized carbons (Fsp3) is 0.679. The largest absolute Gasteiger partial charge is 0.481 e. The van der Waals surface area contributed by atoms with E-state index in [-0.39, 0.29) is 29.7 Å². The summed E-state index contributed by atoms with van der Waals surface area (Å²) in [5.74, 6) is -0.403. The number of aromatic nitrogens is 1. The lowest BCUT2D eigenvalue weighted by Crippen LogP contribution is -2.57. The van der Waals surface area contributed by atoms with Gasteiger partial charge in [0, 0.05) is 36.8 Å². The average molecular weight is 526 g/mol. The predicted octanol–water partition coefficient (Wildman–Crippen LogP) is 3.29. The van der Waals surface area contributed by atoms with Crippen molar-refractivity contribution in [2.24, 2.45) is 5.92 Å². The number of nitrogens with one attached hydrogen (secondary N) is 1. The Labute approximate surface area is 224 Å². The number of nitrogens with zero attached hydrogens (tertiary/aromatic N) is 4. The molecule has 38 heavy (non-hydrogen) atoms. The molecular weight excluding hydrogens is 486 g/mol. The molecule has 3 aliphatic heterocycles. The summed E-state index contributed by atoms with van der Waals surface area (Å²) >= 11 is 0. The number of hydrogen-bond donors (Lipinski definition) is 1. The van der Waals surface area contributed by atoms with E-state index in [1.807, 2.05) is 19.1 Å². The number of pyridine rings is 1. The second-order valence-electron chi connectivity index (χ2n) is 11.6. The monoisotopic (exact) mass is 525 g/mol. The third kappa shape index (κ3) is 6.03. The van der Waals surface area contributed by atoms with E-state index >= 15 is 0 Å². The Hall–Kier alpha value is -3.35. The molecule has 1 aromatic heterocycles. The van der Waals surface area contributed by atoms with Gasteiger partial charge in [-0.2, -0.15) is 5.26 Å². The lowest BCUT2D eigenvalue weighted by molar-refractivity contribution is -0.146. The van der Waals surface area contributed by atoms with Crippen molar-refractivity contribution in [3.05, 3.63) is 23.4 Å². The number of alkyl carbamates (subject to hydrolysis) is 1. The highest BCUT2D eigenvalue weighted by Crippen LogP contribution is 2.37. The SMILES string of the molecule is COc1cc([C@H]2CN(C(=O)[C@@H]3CC[C@@H]4CCCC[C@H](NC(=O)OC(C)(C)C)C(=O)N43)C[C@@H]2C#N)cc(C)n1. The van der Waals surface area contributed by atoms with Gasteiger partial charge in [-0.25, -0.2) is 9.78 Å². The Bertz CT molecular complexity index is 1110. The number of fused-ring (bicyclic) bond motifs is 1. The van der Waals surface area contributed by atoms with Crippen LogP contribution in [-0.4, -0.2) is 76.6 Å². The van der Waals surface area contributed by atoms with Gasteiger partial charge in [-0.1, -0.05) is 12.8 Å². The van der Waals surface area contributed by atoms with E-state index in [9.17, 15) is 19.6 Å². The first kappa shape index (κ1) is 27.7. The van der Waals surface area contributed by atoms with Crippen LogP contribution < -0.4 is 10.1 Å². The standard InChI is InChI=1S/C28H39N5O5/c1-17-12-18(13-24(30-17)37-5)21-16-32(15-19(21)14-29)26(35)23-11-10-20-8-6-7-9-22(25(34)33(20)23)31-27(36)38-28(2,3)4/h12-13,19-23H,6-11,15-16H2,1-5H3,(H,31,36)/t19-,20-,21+,22-,23-/m0/s1. The molecule has 1 aromatic rings. The van der Waals surface area contributed by atoms with Crippen LogP contribution >= 0.6 is 0 Å². The normalized spacial score (nSPS) is 27.7. The van der Waals surface area contributed by atoms with Crippen molar-refractivity contribution >= 4 is 17.9 Å². The number of hydrogen-bond acceptors (Lipinski definition) is 7. The molecule has 3 saturated heterocycles. The minimum Gasteiger partial charge on any atom is -0.481 e. The van der Waals surface area contributed by atoms with Crippen molar-refractivity contribution in [2.75, 3.05) is 20.2 Å². The van der Waals surface area contributed by atoms with Gasteiger partial charge in [-0.15, -0.1) is 0 Å². The minimum absolute atomic E-state index is 0.0306. The van der Waals surface area contributed by atoms with Crippen molar-refractivity contribution in [3.8, 4) is 11.9 Å². The first-order chi connectivity index (χ1) is 18.0. The summed E-state index contributed by atoms with van der Waals surface area (Å²) in [5.41, 5.74) is 1.03. The molecule has 206 valence electrons. The average Bonchev–Trinajstić information content (AvgIpc) is 3.47. The van der Waals surface area contributed by atoms with E-state index in [0.29, 0.717) is 31.8 Å². The van der Waals surface area contributed by atoms with Crippen LogP contribution in [0.3, 0.4) is 0 Å². The maximum atomic E-state index is 13.9. The summed E-state index contributed by atoms with van der Waals surface area (Å²) in [7, 11) is 1.56. The van der Waals surface area contributed by atoms with Gasteiger partial charge in [0.1, 0.15) is 17.7 Å². The third-order valence-corrected chi connectivity index (χ3v) is 7.70. The van der Waals surface area contributed by atoms with Gasteiger partial charge < -0.3 is 24.6 Å². The molecule has 0 aromatic carbocycles. The van der Waals surface area contributed by atoms with Gasteiger partial charge in [-0.3, -0.25) is 9.59 Å². The highest BCUT2D eigenvalue weighted by molar-refractivity contribution is 5.92. The second kappa shape index (κ2) is 11.2. The molecule has 3 amide bonds. The van der Waals surface area contributed by atoms with Crippen LogP contribution in [0.25, 0.3) is 0 Å². The molecule has 4 rings (SSSR count). The van der Waals surface area contributed by atoms with Crippen LogP contribution in [0, 0.1) is 24.2 Å².